The summed E-state index contributed by atoms with van der Waals surface area (Å²) in [6.07, 6.45) is 2.67. The Morgan fingerprint density at radius 2 is 1.73 bits per heavy atom. The van der Waals surface area contributed by atoms with Crippen LogP contribution in [0.4, 0.5) is 0 Å². The molecule has 1 amide bonds. The summed E-state index contributed by atoms with van der Waals surface area (Å²) in [5.41, 5.74) is 2.23. The number of carbonyl (C=O) groups is 1. The highest BCUT2D eigenvalue weighted by molar-refractivity contribution is 7.88. The zero-order valence-corrected chi connectivity index (χ0v) is 20.1. The van der Waals surface area contributed by atoms with Crippen LogP contribution in [-0.4, -0.2) is 30.9 Å². The molecule has 0 atom stereocenters. The maximum atomic E-state index is 12.6. The van der Waals surface area contributed by atoms with Crippen LogP contribution >= 0.6 is 12.2 Å². The maximum Gasteiger partial charge on any atom is 0.262 e. The normalized spacial score (nSPS) is 11.5. The largest absolute Gasteiger partial charge is 0.352 e. The third kappa shape index (κ3) is 7.08. The van der Waals surface area contributed by atoms with E-state index >= 15 is 0 Å². The molecule has 0 fully saturated rings. The van der Waals surface area contributed by atoms with Crippen molar-refractivity contribution in [1.82, 2.24) is 19.6 Å². The van der Waals surface area contributed by atoms with Gasteiger partial charge in [0.2, 0.25) is 15.9 Å². The summed E-state index contributed by atoms with van der Waals surface area (Å²) in [5, 5.41) is 3.49. The van der Waals surface area contributed by atoms with Crippen molar-refractivity contribution in [2.75, 3.05) is 7.05 Å². The Hall–Kier alpha value is -2.82. The fraction of sp³-hybridized carbons (Fsp3) is 0.348. The number of benzene rings is 2. The molecule has 3 N–H and O–H groups in total. The lowest BCUT2D eigenvalue weighted by molar-refractivity contribution is -0.121. The van der Waals surface area contributed by atoms with Crippen LogP contribution in [0, 0.1) is 4.77 Å². The Balaban J connectivity index is 1.40. The van der Waals surface area contributed by atoms with E-state index in [4.69, 9.17) is 12.2 Å². The molecule has 8 nitrogen and oxygen atoms in total. The molecule has 0 saturated heterocycles. The third-order valence-corrected chi connectivity index (χ3v) is 7.01. The molecule has 176 valence electrons. The van der Waals surface area contributed by atoms with Crippen LogP contribution in [0.2, 0.25) is 0 Å². The molecule has 0 aliphatic heterocycles. The number of nitrogens with one attached hydrogen (secondary N) is 3. The number of nitrogens with zero attached hydrogens (tertiary/aromatic N) is 1. The fourth-order valence-electron chi connectivity index (χ4n) is 3.47. The second-order valence-corrected chi connectivity index (χ2v) is 10.1. The average molecular weight is 489 g/mol. The number of unbranched alkanes of at least 4 members (excludes halogenated alkanes) is 2. The van der Waals surface area contributed by atoms with Crippen molar-refractivity contribution >= 4 is 39.1 Å². The molecule has 2 aromatic carbocycles. The minimum atomic E-state index is -3.30. The molecule has 0 saturated carbocycles. The van der Waals surface area contributed by atoms with E-state index in [0.717, 1.165) is 23.9 Å². The number of H-pyrrole nitrogens is 1. The Bertz CT molecular complexity index is 1330. The summed E-state index contributed by atoms with van der Waals surface area (Å²) in [5.74, 6) is -0.121. The van der Waals surface area contributed by atoms with Crippen molar-refractivity contribution < 1.29 is 13.2 Å². The quantitative estimate of drug-likeness (QED) is 0.284. The number of carbonyl (C=O) groups excluding carboxylic acids is 1. The minimum Gasteiger partial charge on any atom is -0.352 e. The van der Waals surface area contributed by atoms with E-state index in [9.17, 15) is 18.0 Å². The smallest absolute Gasteiger partial charge is 0.262 e. The summed E-state index contributed by atoms with van der Waals surface area (Å²) < 4.78 is 27.4. The van der Waals surface area contributed by atoms with Gasteiger partial charge in [-0.25, -0.2) is 13.1 Å². The molecular weight excluding hydrogens is 460 g/mol. The number of fused-ring (bicyclic) bond motifs is 1. The second kappa shape index (κ2) is 11.4. The predicted molar refractivity (Wildman–Crippen MR) is 132 cm³/mol. The molecule has 3 aromatic rings. The number of amides is 1. The standard InChI is InChI=1S/C23H28N4O4S2/c1-24-33(30,31)16-18-12-10-17(11-13-18)15-25-21(28)9-3-2-6-14-27-22(29)19-7-4-5-8-20(19)26-23(27)32/h4-5,7-8,10-13,24H,2-3,6,9,14-16H2,1H3,(H,25,28)(H,26,32). The van der Waals surface area contributed by atoms with Gasteiger partial charge in [0, 0.05) is 19.5 Å². The summed E-state index contributed by atoms with van der Waals surface area (Å²) in [4.78, 5) is 27.8. The van der Waals surface area contributed by atoms with Gasteiger partial charge in [0.05, 0.1) is 16.7 Å². The molecule has 1 aromatic heterocycles. The lowest BCUT2D eigenvalue weighted by Crippen LogP contribution is -2.23. The molecule has 3 rings (SSSR count). The third-order valence-electron chi connectivity index (χ3n) is 5.36. The molecule has 0 unspecified atom stereocenters. The van der Waals surface area contributed by atoms with Gasteiger partial charge >= 0.3 is 0 Å². The van der Waals surface area contributed by atoms with Gasteiger partial charge in [0.25, 0.3) is 5.56 Å². The lowest BCUT2D eigenvalue weighted by atomic mass is 10.1. The van der Waals surface area contributed by atoms with Crippen molar-refractivity contribution in [3.63, 3.8) is 0 Å². The van der Waals surface area contributed by atoms with E-state index in [-0.39, 0.29) is 17.2 Å². The molecule has 0 spiro atoms. The number of aromatic nitrogens is 2. The van der Waals surface area contributed by atoms with Gasteiger partial charge in [-0.1, -0.05) is 42.8 Å². The van der Waals surface area contributed by atoms with Crippen LogP contribution in [0.5, 0.6) is 0 Å². The Morgan fingerprint density at radius 1 is 1.03 bits per heavy atom. The zero-order chi connectivity index (χ0) is 23.8. The van der Waals surface area contributed by atoms with E-state index in [1.165, 1.54) is 7.05 Å². The van der Waals surface area contributed by atoms with E-state index in [1.54, 1.807) is 22.8 Å². The van der Waals surface area contributed by atoms with Gasteiger partial charge < -0.3 is 10.3 Å². The maximum absolute atomic E-state index is 12.6. The lowest BCUT2D eigenvalue weighted by Gasteiger charge is -2.09. The number of sulfonamides is 1. The Labute approximate surface area is 198 Å². The van der Waals surface area contributed by atoms with E-state index in [1.807, 2.05) is 30.3 Å². The summed E-state index contributed by atoms with van der Waals surface area (Å²) in [7, 11) is -1.92. The van der Waals surface area contributed by atoms with E-state index in [0.29, 0.717) is 41.7 Å². The monoisotopic (exact) mass is 488 g/mol. The van der Waals surface area contributed by atoms with Crippen molar-refractivity contribution in [3.05, 3.63) is 74.8 Å². The predicted octanol–water partition coefficient (Wildman–Crippen LogP) is 2.99. The van der Waals surface area contributed by atoms with Crippen LogP contribution in [0.1, 0.15) is 36.8 Å². The highest BCUT2D eigenvalue weighted by Crippen LogP contribution is 2.09. The van der Waals surface area contributed by atoms with Gasteiger partial charge in [-0.2, -0.15) is 0 Å². The number of aromatic amines is 1. The molecule has 1 heterocycles. The van der Waals surface area contributed by atoms with Gasteiger partial charge in [0.1, 0.15) is 0 Å². The molecule has 0 aliphatic carbocycles. The molecule has 0 radical (unpaired) electrons. The second-order valence-electron chi connectivity index (χ2n) is 7.80. The van der Waals surface area contributed by atoms with Crippen LogP contribution < -0.4 is 15.6 Å². The van der Waals surface area contributed by atoms with Crippen molar-refractivity contribution in [3.8, 4) is 0 Å². The first-order chi connectivity index (χ1) is 15.8. The van der Waals surface area contributed by atoms with Crippen molar-refractivity contribution in [2.45, 2.75) is 44.5 Å². The summed E-state index contributed by atoms with van der Waals surface area (Å²) in [6.45, 7) is 0.899. The topological polar surface area (TPSA) is 113 Å². The Kier molecular flexibility index (Phi) is 8.54. The van der Waals surface area contributed by atoms with Gasteiger partial charge in [-0.3, -0.25) is 14.2 Å². The first-order valence-corrected chi connectivity index (χ1v) is 12.8. The first kappa shape index (κ1) is 24.8. The van der Waals surface area contributed by atoms with Crippen molar-refractivity contribution in [1.29, 1.82) is 0 Å². The van der Waals surface area contributed by atoms with Gasteiger partial charge in [-0.05, 0) is 55.4 Å². The van der Waals surface area contributed by atoms with E-state index < -0.39 is 10.0 Å². The highest BCUT2D eigenvalue weighted by Gasteiger charge is 2.09. The number of hydrogen-bond donors (Lipinski definition) is 3. The first-order valence-electron chi connectivity index (χ1n) is 10.8. The molecule has 0 aliphatic rings. The van der Waals surface area contributed by atoms with Crippen molar-refractivity contribution in [2.24, 2.45) is 0 Å². The van der Waals surface area contributed by atoms with Crippen LogP contribution in [-0.2, 0) is 33.7 Å². The SMILES string of the molecule is CNS(=O)(=O)Cc1ccc(CNC(=O)CCCCCn2c(=S)[nH]c3ccccc3c2=O)cc1. The highest BCUT2D eigenvalue weighted by atomic mass is 32.2. The average Bonchev–Trinajstić information content (AvgIpc) is 2.80. The van der Waals surface area contributed by atoms with Gasteiger partial charge in [0.15, 0.2) is 4.77 Å². The molecule has 10 heteroatoms. The minimum absolute atomic E-state index is 0.0444. The van der Waals surface area contributed by atoms with E-state index in [2.05, 4.69) is 15.0 Å². The fourth-order valence-corrected chi connectivity index (χ4v) is 4.53. The summed E-state index contributed by atoms with van der Waals surface area (Å²) in [6, 6.07) is 14.4. The Morgan fingerprint density at radius 3 is 2.45 bits per heavy atom. The number of rotatable bonds is 11. The van der Waals surface area contributed by atoms with Gasteiger partial charge in [-0.15, -0.1) is 0 Å². The molecule has 33 heavy (non-hydrogen) atoms. The van der Waals surface area contributed by atoms with Crippen LogP contribution in [0.25, 0.3) is 10.9 Å². The van der Waals surface area contributed by atoms with Crippen LogP contribution in [0.3, 0.4) is 0 Å². The molecule has 0 bridgehead atoms. The molecular formula is C23H28N4O4S2. The summed E-state index contributed by atoms with van der Waals surface area (Å²) >= 11 is 5.32. The van der Waals surface area contributed by atoms with Crippen LogP contribution in [0.15, 0.2) is 53.3 Å². The number of para-hydroxylation sites is 1. The number of hydrogen-bond acceptors (Lipinski definition) is 5. The zero-order valence-electron chi connectivity index (χ0n) is 18.5.